The van der Waals surface area contributed by atoms with E-state index in [1.807, 2.05) is 39.0 Å². The van der Waals surface area contributed by atoms with E-state index in [1.54, 1.807) is 28.4 Å². The van der Waals surface area contributed by atoms with Crippen LogP contribution in [0.4, 0.5) is 0 Å². The molecule has 0 amide bonds. The maximum atomic E-state index is 11.4. The van der Waals surface area contributed by atoms with Gasteiger partial charge >= 0.3 is 0 Å². The number of halogens is 1. The predicted octanol–water partition coefficient (Wildman–Crippen LogP) is 3.89. The van der Waals surface area contributed by atoms with Crippen molar-refractivity contribution in [3.8, 4) is 5.75 Å². The van der Waals surface area contributed by atoms with Crippen molar-refractivity contribution in [3.63, 3.8) is 0 Å². The van der Waals surface area contributed by atoms with Crippen LogP contribution in [0.3, 0.4) is 0 Å². The Labute approximate surface area is 155 Å². The van der Waals surface area contributed by atoms with Gasteiger partial charge in [-0.2, -0.15) is 5.10 Å². The van der Waals surface area contributed by atoms with Gasteiger partial charge in [-0.15, -0.1) is 11.3 Å². The molecule has 0 fully saturated rings. The summed E-state index contributed by atoms with van der Waals surface area (Å²) in [5.74, 6) is 0.700. The number of thiophene rings is 1. The molecule has 0 saturated carbocycles. The summed E-state index contributed by atoms with van der Waals surface area (Å²) in [4.78, 5) is 6.17. The zero-order chi connectivity index (χ0) is 18.0. The SMILES string of the molecule is Cc1cc(C(O)(COc2ccc(Cl)cc2C)Cn2cncn2)c(C)s1. The number of benzene rings is 1. The first-order chi connectivity index (χ1) is 11.9. The third kappa shape index (κ3) is 4.03. The molecule has 7 heteroatoms. The summed E-state index contributed by atoms with van der Waals surface area (Å²) in [5, 5.41) is 16.2. The van der Waals surface area contributed by atoms with Gasteiger partial charge < -0.3 is 9.84 Å². The molecule has 0 spiro atoms. The molecule has 25 heavy (non-hydrogen) atoms. The van der Waals surface area contributed by atoms with Gasteiger partial charge in [-0.3, -0.25) is 0 Å². The highest BCUT2D eigenvalue weighted by Crippen LogP contribution is 2.33. The summed E-state index contributed by atoms with van der Waals surface area (Å²) < 4.78 is 7.57. The molecular formula is C18H20ClN3O2S. The van der Waals surface area contributed by atoms with E-state index in [-0.39, 0.29) is 13.2 Å². The van der Waals surface area contributed by atoms with Gasteiger partial charge in [-0.05, 0) is 50.6 Å². The van der Waals surface area contributed by atoms with Gasteiger partial charge in [0, 0.05) is 20.3 Å². The second kappa shape index (κ2) is 7.15. The number of nitrogens with zero attached hydrogens (tertiary/aromatic N) is 3. The molecule has 0 saturated heterocycles. The molecule has 0 aliphatic carbocycles. The Kier molecular flexibility index (Phi) is 5.13. The van der Waals surface area contributed by atoms with Crippen molar-refractivity contribution in [1.82, 2.24) is 14.8 Å². The van der Waals surface area contributed by atoms with Crippen LogP contribution in [0.15, 0.2) is 36.9 Å². The molecule has 1 aromatic carbocycles. The van der Waals surface area contributed by atoms with Gasteiger partial charge in [0.1, 0.15) is 30.6 Å². The fourth-order valence-corrected chi connectivity index (χ4v) is 4.10. The van der Waals surface area contributed by atoms with Crippen LogP contribution < -0.4 is 4.74 Å². The molecule has 0 bridgehead atoms. The second-order valence-corrected chi connectivity index (χ2v) is 8.05. The third-order valence-corrected chi connectivity index (χ3v) is 5.24. The Morgan fingerprint density at radius 1 is 1.28 bits per heavy atom. The summed E-state index contributed by atoms with van der Waals surface area (Å²) in [5.41, 5.74) is 0.570. The Bertz CT molecular complexity index is 863. The molecular weight excluding hydrogens is 358 g/mol. The highest BCUT2D eigenvalue weighted by atomic mass is 35.5. The molecule has 0 aliphatic rings. The van der Waals surface area contributed by atoms with Crippen LogP contribution in [-0.4, -0.2) is 26.5 Å². The van der Waals surface area contributed by atoms with Crippen molar-refractivity contribution < 1.29 is 9.84 Å². The van der Waals surface area contributed by atoms with Crippen molar-refractivity contribution in [2.45, 2.75) is 32.9 Å². The topological polar surface area (TPSA) is 60.2 Å². The molecule has 132 valence electrons. The molecule has 1 atom stereocenters. The molecule has 3 rings (SSSR count). The first-order valence-electron chi connectivity index (χ1n) is 7.89. The lowest BCUT2D eigenvalue weighted by Crippen LogP contribution is -2.38. The van der Waals surface area contributed by atoms with E-state index in [0.29, 0.717) is 10.8 Å². The van der Waals surface area contributed by atoms with Crippen molar-refractivity contribution in [2.24, 2.45) is 0 Å². The number of hydrogen-bond donors (Lipinski definition) is 1. The van der Waals surface area contributed by atoms with Crippen molar-refractivity contribution >= 4 is 22.9 Å². The van der Waals surface area contributed by atoms with Gasteiger partial charge in [-0.25, -0.2) is 9.67 Å². The van der Waals surface area contributed by atoms with E-state index in [0.717, 1.165) is 20.9 Å². The fraction of sp³-hybridized carbons (Fsp3) is 0.333. The van der Waals surface area contributed by atoms with Crippen LogP contribution in [-0.2, 0) is 12.1 Å². The smallest absolute Gasteiger partial charge is 0.144 e. The van der Waals surface area contributed by atoms with Gasteiger partial charge in [0.2, 0.25) is 0 Å². The standard InChI is InChI=1S/C18H20ClN3O2S/c1-12-6-15(19)4-5-17(12)24-9-18(23,8-22-11-20-10-21-22)16-7-13(2)25-14(16)3/h4-7,10-11,23H,8-9H2,1-3H3. The second-order valence-electron chi connectivity index (χ2n) is 6.15. The van der Waals surface area contributed by atoms with Gasteiger partial charge in [0.25, 0.3) is 0 Å². The molecule has 0 aliphatic heterocycles. The van der Waals surface area contributed by atoms with Crippen LogP contribution >= 0.6 is 22.9 Å². The summed E-state index contributed by atoms with van der Waals surface area (Å²) in [6.07, 6.45) is 3.05. The van der Waals surface area contributed by atoms with Crippen molar-refractivity contribution in [3.05, 3.63) is 62.8 Å². The van der Waals surface area contributed by atoms with Crippen LogP contribution in [0.2, 0.25) is 5.02 Å². The lowest BCUT2D eigenvalue weighted by molar-refractivity contribution is -0.0273. The quantitative estimate of drug-likeness (QED) is 0.708. The lowest BCUT2D eigenvalue weighted by atomic mass is 9.95. The van der Waals surface area contributed by atoms with E-state index in [9.17, 15) is 5.11 Å². The van der Waals surface area contributed by atoms with E-state index >= 15 is 0 Å². The minimum atomic E-state index is -1.21. The number of aliphatic hydroxyl groups is 1. The normalized spacial score (nSPS) is 13.6. The molecule has 2 heterocycles. The first kappa shape index (κ1) is 17.9. The number of ether oxygens (including phenoxy) is 1. The molecule has 1 N–H and O–H groups in total. The fourth-order valence-electron chi connectivity index (χ4n) is 2.86. The van der Waals surface area contributed by atoms with E-state index in [2.05, 4.69) is 10.1 Å². The van der Waals surface area contributed by atoms with Crippen LogP contribution in [0.25, 0.3) is 0 Å². The van der Waals surface area contributed by atoms with Gasteiger partial charge in [-0.1, -0.05) is 11.6 Å². The zero-order valence-corrected chi connectivity index (χ0v) is 15.9. The van der Waals surface area contributed by atoms with Crippen LogP contribution in [0, 0.1) is 20.8 Å². The Morgan fingerprint density at radius 3 is 2.68 bits per heavy atom. The number of rotatable bonds is 6. The molecule has 1 unspecified atom stereocenters. The van der Waals surface area contributed by atoms with Crippen molar-refractivity contribution in [1.29, 1.82) is 0 Å². The Hall–Kier alpha value is -1.89. The van der Waals surface area contributed by atoms with Crippen molar-refractivity contribution in [2.75, 3.05) is 6.61 Å². The lowest BCUT2D eigenvalue weighted by Gasteiger charge is -2.28. The average molecular weight is 378 g/mol. The van der Waals surface area contributed by atoms with E-state index in [1.165, 1.54) is 6.33 Å². The maximum Gasteiger partial charge on any atom is 0.144 e. The number of aromatic nitrogens is 3. The van der Waals surface area contributed by atoms with E-state index in [4.69, 9.17) is 16.3 Å². The highest BCUT2D eigenvalue weighted by molar-refractivity contribution is 7.12. The van der Waals surface area contributed by atoms with Crippen LogP contribution in [0.1, 0.15) is 20.9 Å². The summed E-state index contributed by atoms with van der Waals surface area (Å²) in [6.45, 7) is 6.33. The zero-order valence-electron chi connectivity index (χ0n) is 14.4. The van der Waals surface area contributed by atoms with Crippen LogP contribution in [0.5, 0.6) is 5.75 Å². The molecule has 0 radical (unpaired) electrons. The Balaban J connectivity index is 1.89. The average Bonchev–Trinajstić information content (AvgIpc) is 3.16. The Morgan fingerprint density at radius 2 is 2.08 bits per heavy atom. The number of hydrogen-bond acceptors (Lipinski definition) is 5. The summed E-state index contributed by atoms with van der Waals surface area (Å²) in [6, 6.07) is 7.45. The predicted molar refractivity (Wildman–Crippen MR) is 99.4 cm³/mol. The monoisotopic (exact) mass is 377 g/mol. The summed E-state index contributed by atoms with van der Waals surface area (Å²) >= 11 is 7.66. The van der Waals surface area contributed by atoms with Gasteiger partial charge in [0.05, 0.1) is 6.54 Å². The van der Waals surface area contributed by atoms with E-state index < -0.39 is 5.60 Å². The largest absolute Gasteiger partial charge is 0.490 e. The maximum absolute atomic E-state index is 11.4. The van der Waals surface area contributed by atoms with Gasteiger partial charge in [0.15, 0.2) is 0 Å². The highest BCUT2D eigenvalue weighted by Gasteiger charge is 2.34. The minimum Gasteiger partial charge on any atom is -0.490 e. The summed E-state index contributed by atoms with van der Waals surface area (Å²) in [7, 11) is 0. The first-order valence-corrected chi connectivity index (χ1v) is 9.08. The molecule has 2 aromatic heterocycles. The minimum absolute atomic E-state index is 0.104. The number of aryl methyl sites for hydroxylation is 3. The molecule has 3 aromatic rings. The molecule has 5 nitrogen and oxygen atoms in total. The third-order valence-electron chi connectivity index (χ3n) is 4.04.